The Morgan fingerprint density at radius 2 is 2.03 bits per heavy atom. The van der Waals surface area contributed by atoms with Crippen molar-refractivity contribution >= 4 is 60.8 Å². The van der Waals surface area contributed by atoms with E-state index in [-0.39, 0.29) is 11.9 Å². The Kier molecular flexibility index (Phi) is 5.50. The summed E-state index contributed by atoms with van der Waals surface area (Å²) in [7, 11) is 0. The van der Waals surface area contributed by atoms with E-state index in [0.717, 1.165) is 33.4 Å². The molecule has 0 fully saturated rings. The lowest BCUT2D eigenvalue weighted by atomic mass is 10.1. The molecule has 2 aromatic carbocycles. The van der Waals surface area contributed by atoms with Crippen LogP contribution in [0.5, 0.6) is 0 Å². The highest BCUT2D eigenvalue weighted by Crippen LogP contribution is 2.36. The van der Waals surface area contributed by atoms with Gasteiger partial charge in [0.25, 0.3) is 0 Å². The van der Waals surface area contributed by atoms with E-state index in [9.17, 15) is 4.79 Å². The zero-order valence-corrected chi connectivity index (χ0v) is 20.0. The molecular formula is C26H26N4O2S. The topological polar surface area (TPSA) is 79.9 Å². The molecule has 0 radical (unpaired) electrons. The van der Waals surface area contributed by atoms with Gasteiger partial charge in [0.2, 0.25) is 0 Å². The maximum absolute atomic E-state index is 12.6. The van der Waals surface area contributed by atoms with Gasteiger partial charge in [0.05, 0.1) is 12.0 Å². The second-order valence-electron chi connectivity index (χ2n) is 8.65. The van der Waals surface area contributed by atoms with Crippen molar-refractivity contribution in [1.82, 2.24) is 15.0 Å². The quantitative estimate of drug-likeness (QED) is 0.275. The highest BCUT2D eigenvalue weighted by atomic mass is 32.1. The summed E-state index contributed by atoms with van der Waals surface area (Å²) in [4.78, 5) is 26.4. The number of hydrogen-bond acceptors (Lipinski definition) is 6. The van der Waals surface area contributed by atoms with Crippen LogP contribution in [-0.4, -0.2) is 27.5 Å². The Morgan fingerprint density at radius 1 is 1.18 bits per heavy atom. The van der Waals surface area contributed by atoms with Crippen LogP contribution < -0.4 is 5.32 Å². The number of rotatable bonds is 6. The number of benzene rings is 2. The van der Waals surface area contributed by atoms with Crippen molar-refractivity contribution in [2.75, 3.05) is 11.9 Å². The summed E-state index contributed by atoms with van der Waals surface area (Å²) in [5.41, 5.74) is 5.32. The van der Waals surface area contributed by atoms with Gasteiger partial charge in [-0.05, 0) is 42.5 Å². The average Bonchev–Trinajstić information content (AvgIpc) is 3.35. The number of H-pyrrole nitrogens is 1. The van der Waals surface area contributed by atoms with Crippen molar-refractivity contribution < 1.29 is 9.53 Å². The first-order valence-electron chi connectivity index (χ1n) is 11.2. The zero-order chi connectivity index (χ0) is 23.1. The molecular weight excluding hydrogens is 432 g/mol. The molecule has 0 spiro atoms. The molecule has 7 heteroatoms. The summed E-state index contributed by atoms with van der Waals surface area (Å²) >= 11 is 1.35. The predicted octanol–water partition coefficient (Wildman–Crippen LogP) is 6.75. The highest BCUT2D eigenvalue weighted by molar-refractivity contribution is 7.20. The molecule has 0 saturated carbocycles. The van der Waals surface area contributed by atoms with Crippen LogP contribution in [0.2, 0.25) is 0 Å². The van der Waals surface area contributed by atoms with E-state index in [0.29, 0.717) is 17.3 Å². The van der Waals surface area contributed by atoms with Crippen LogP contribution >= 0.6 is 11.3 Å². The summed E-state index contributed by atoms with van der Waals surface area (Å²) in [6.45, 7) is 8.53. The Balaban J connectivity index is 1.52. The molecule has 6 nitrogen and oxygen atoms in total. The number of aryl methyl sites for hydroxylation is 2. The van der Waals surface area contributed by atoms with E-state index in [1.165, 1.54) is 39.5 Å². The minimum Gasteiger partial charge on any atom is -0.461 e. The number of nitrogens with one attached hydrogen (secondary N) is 2. The van der Waals surface area contributed by atoms with Crippen LogP contribution in [0.25, 0.3) is 32.0 Å². The SMILES string of the molecule is CCc1cccc2c1[nH]c1cc(Nc3ncnc4sc(C(=O)OCC(C)C)c(C)c34)ccc12. The number of thiophene rings is 1. The van der Waals surface area contributed by atoms with Crippen molar-refractivity contribution in [3.05, 3.63) is 58.7 Å². The molecule has 5 aromatic rings. The molecule has 0 amide bonds. The van der Waals surface area contributed by atoms with Crippen LogP contribution in [0.1, 0.15) is 41.6 Å². The molecule has 0 bridgehead atoms. The molecule has 33 heavy (non-hydrogen) atoms. The number of ether oxygens (including phenoxy) is 1. The van der Waals surface area contributed by atoms with Crippen molar-refractivity contribution in [3.63, 3.8) is 0 Å². The van der Waals surface area contributed by atoms with Gasteiger partial charge in [0.1, 0.15) is 21.9 Å². The molecule has 3 aromatic heterocycles. The first kappa shape index (κ1) is 21.4. The van der Waals surface area contributed by atoms with Gasteiger partial charge in [-0.3, -0.25) is 0 Å². The summed E-state index contributed by atoms with van der Waals surface area (Å²) < 4.78 is 5.45. The fourth-order valence-corrected chi connectivity index (χ4v) is 5.21. The Hall–Kier alpha value is -3.45. The predicted molar refractivity (Wildman–Crippen MR) is 136 cm³/mol. The fourth-order valence-electron chi connectivity index (χ4n) is 4.17. The number of nitrogens with zero attached hydrogens (tertiary/aromatic N) is 2. The zero-order valence-electron chi connectivity index (χ0n) is 19.2. The molecule has 0 unspecified atom stereocenters. The first-order chi connectivity index (χ1) is 16.0. The van der Waals surface area contributed by atoms with E-state index in [2.05, 4.69) is 63.6 Å². The van der Waals surface area contributed by atoms with Crippen molar-refractivity contribution in [2.24, 2.45) is 5.92 Å². The molecule has 3 heterocycles. The van der Waals surface area contributed by atoms with Crippen molar-refractivity contribution in [2.45, 2.75) is 34.1 Å². The molecule has 2 N–H and O–H groups in total. The molecule has 0 atom stereocenters. The first-order valence-corrected chi connectivity index (χ1v) is 12.0. The number of para-hydroxylation sites is 1. The van der Waals surface area contributed by atoms with Crippen LogP contribution in [0.15, 0.2) is 42.7 Å². The van der Waals surface area contributed by atoms with Gasteiger partial charge in [-0.2, -0.15) is 0 Å². The fraction of sp³-hybridized carbons (Fsp3) is 0.269. The van der Waals surface area contributed by atoms with Crippen LogP contribution in [0.3, 0.4) is 0 Å². The Bertz CT molecular complexity index is 1500. The van der Waals surface area contributed by atoms with Gasteiger partial charge in [-0.25, -0.2) is 14.8 Å². The Labute approximate surface area is 196 Å². The van der Waals surface area contributed by atoms with Crippen LogP contribution in [0.4, 0.5) is 11.5 Å². The maximum atomic E-state index is 12.6. The second kappa shape index (κ2) is 8.48. The highest BCUT2D eigenvalue weighted by Gasteiger charge is 2.21. The van der Waals surface area contributed by atoms with E-state index < -0.39 is 0 Å². The summed E-state index contributed by atoms with van der Waals surface area (Å²) in [5, 5.41) is 6.72. The number of hydrogen-bond donors (Lipinski definition) is 2. The number of esters is 1. The number of carbonyl (C=O) groups is 1. The average molecular weight is 459 g/mol. The lowest BCUT2D eigenvalue weighted by molar-refractivity contribution is 0.0464. The lowest BCUT2D eigenvalue weighted by Crippen LogP contribution is -2.09. The molecule has 0 aliphatic rings. The van der Waals surface area contributed by atoms with Gasteiger partial charge in [0.15, 0.2) is 0 Å². The van der Waals surface area contributed by atoms with Gasteiger partial charge in [-0.15, -0.1) is 11.3 Å². The maximum Gasteiger partial charge on any atom is 0.348 e. The summed E-state index contributed by atoms with van der Waals surface area (Å²) in [6.07, 6.45) is 2.51. The molecule has 0 aliphatic carbocycles. The minimum absolute atomic E-state index is 0.286. The molecule has 0 aliphatic heterocycles. The largest absolute Gasteiger partial charge is 0.461 e. The van der Waals surface area contributed by atoms with Crippen molar-refractivity contribution in [1.29, 1.82) is 0 Å². The molecule has 0 saturated heterocycles. The van der Waals surface area contributed by atoms with E-state index in [1.54, 1.807) is 0 Å². The summed E-state index contributed by atoms with van der Waals surface area (Å²) in [5.74, 6) is 0.663. The van der Waals surface area contributed by atoms with E-state index >= 15 is 0 Å². The monoisotopic (exact) mass is 458 g/mol. The van der Waals surface area contributed by atoms with Gasteiger partial charge in [0, 0.05) is 27.5 Å². The molecule has 168 valence electrons. The van der Waals surface area contributed by atoms with Gasteiger partial charge in [-0.1, -0.05) is 45.0 Å². The van der Waals surface area contributed by atoms with Gasteiger partial charge >= 0.3 is 5.97 Å². The summed E-state index contributed by atoms with van der Waals surface area (Å²) in [6, 6.07) is 12.7. The van der Waals surface area contributed by atoms with Crippen LogP contribution in [0, 0.1) is 12.8 Å². The number of aromatic nitrogens is 3. The van der Waals surface area contributed by atoms with E-state index in [4.69, 9.17) is 4.74 Å². The van der Waals surface area contributed by atoms with Crippen molar-refractivity contribution in [3.8, 4) is 0 Å². The number of fused-ring (bicyclic) bond motifs is 4. The van der Waals surface area contributed by atoms with Crippen LogP contribution in [-0.2, 0) is 11.2 Å². The lowest BCUT2D eigenvalue weighted by Gasteiger charge is -2.08. The standard InChI is InChI=1S/C26H26N4O2S/c1-5-16-7-6-8-19-18-10-9-17(11-20(18)30-22(16)19)29-24-21-15(4)23(26(31)32-12-14(2)3)33-25(21)28-13-27-24/h6-11,13-14,30H,5,12H2,1-4H3,(H,27,28,29). The second-order valence-corrected chi connectivity index (χ2v) is 9.65. The molecule has 5 rings (SSSR count). The third kappa shape index (κ3) is 3.82. The van der Waals surface area contributed by atoms with E-state index in [1.807, 2.05) is 20.8 Å². The van der Waals surface area contributed by atoms with Gasteiger partial charge < -0.3 is 15.0 Å². The third-order valence-electron chi connectivity index (χ3n) is 5.82. The number of aromatic amines is 1. The Morgan fingerprint density at radius 3 is 2.82 bits per heavy atom. The number of carbonyl (C=O) groups excluding carboxylic acids is 1. The minimum atomic E-state index is -0.304. The number of anilines is 2. The third-order valence-corrected chi connectivity index (χ3v) is 7.00. The smallest absolute Gasteiger partial charge is 0.348 e. The normalized spacial score (nSPS) is 11.7.